The van der Waals surface area contributed by atoms with E-state index in [1.54, 1.807) is 22.4 Å². The molecule has 0 bridgehead atoms. The maximum absolute atomic E-state index is 13.2. The minimum atomic E-state index is -0.303. The summed E-state index contributed by atoms with van der Waals surface area (Å²) in [6.07, 6.45) is 2.10. The van der Waals surface area contributed by atoms with Gasteiger partial charge in [0, 0.05) is 0 Å². The topological polar surface area (TPSA) is 37.8 Å². The van der Waals surface area contributed by atoms with Crippen LogP contribution in [0.3, 0.4) is 0 Å². The Morgan fingerprint density at radius 2 is 2.38 bits per heavy atom. The highest BCUT2D eigenvalue weighted by atomic mass is 32.2. The van der Waals surface area contributed by atoms with Crippen LogP contribution in [-0.2, 0) is 0 Å². The Morgan fingerprint density at radius 1 is 1.50 bits per heavy atom. The number of rotatable bonds is 1. The van der Waals surface area contributed by atoms with Crippen molar-refractivity contribution < 1.29 is 4.39 Å². The first-order valence-electron chi connectivity index (χ1n) is 5.27. The molecule has 0 spiro atoms. The van der Waals surface area contributed by atoms with E-state index in [0.29, 0.717) is 11.0 Å². The van der Waals surface area contributed by atoms with E-state index in [9.17, 15) is 9.18 Å². The van der Waals surface area contributed by atoms with Crippen molar-refractivity contribution in [2.75, 3.05) is 5.75 Å². The Hall–Kier alpha value is -1.23. The number of benzene rings is 1. The van der Waals surface area contributed by atoms with Gasteiger partial charge in [0.2, 0.25) is 0 Å². The molecule has 3 rings (SSSR count). The molecule has 1 atom stereocenters. The van der Waals surface area contributed by atoms with Crippen molar-refractivity contribution in [2.45, 2.75) is 18.2 Å². The molecule has 1 fully saturated rings. The second-order valence-corrected chi connectivity index (χ2v) is 5.22. The molecule has 0 amide bonds. The van der Waals surface area contributed by atoms with Crippen LogP contribution >= 0.6 is 11.8 Å². The molecule has 84 valence electrons. The lowest BCUT2D eigenvalue weighted by atomic mass is 10.3. The molecule has 16 heavy (non-hydrogen) atoms. The first-order valence-corrected chi connectivity index (χ1v) is 6.32. The quantitative estimate of drug-likeness (QED) is 0.828. The molecular weight excluding hydrogens is 227 g/mol. The average Bonchev–Trinajstić information content (AvgIpc) is 2.83. The number of aromatic nitrogens is 2. The molecular formula is C11H11FN2OS. The van der Waals surface area contributed by atoms with E-state index in [4.69, 9.17) is 0 Å². The number of hydrogen-bond donors (Lipinski definition) is 1. The molecule has 1 unspecified atom stereocenters. The summed E-state index contributed by atoms with van der Waals surface area (Å²) >= 11 is 1.76. The van der Waals surface area contributed by atoms with Crippen LogP contribution in [0.4, 0.5) is 4.39 Å². The molecule has 1 aromatic heterocycles. The highest BCUT2D eigenvalue weighted by Gasteiger charge is 2.21. The molecule has 2 heterocycles. The summed E-state index contributed by atoms with van der Waals surface area (Å²) in [6, 6.07) is 4.40. The van der Waals surface area contributed by atoms with Crippen LogP contribution in [0.5, 0.6) is 0 Å². The lowest BCUT2D eigenvalue weighted by Gasteiger charge is -2.10. The molecule has 1 aliphatic rings. The van der Waals surface area contributed by atoms with Gasteiger partial charge in [-0.05, 0) is 36.8 Å². The first-order chi connectivity index (χ1) is 7.75. The molecule has 1 saturated heterocycles. The van der Waals surface area contributed by atoms with E-state index < -0.39 is 0 Å². The monoisotopic (exact) mass is 238 g/mol. The van der Waals surface area contributed by atoms with Crippen molar-refractivity contribution in [3.8, 4) is 0 Å². The third kappa shape index (κ3) is 1.46. The van der Waals surface area contributed by atoms with E-state index in [0.717, 1.165) is 18.6 Å². The van der Waals surface area contributed by atoms with Crippen molar-refractivity contribution in [1.29, 1.82) is 0 Å². The third-order valence-electron chi connectivity index (χ3n) is 2.87. The molecule has 1 aromatic carbocycles. The number of H-pyrrole nitrogens is 1. The van der Waals surface area contributed by atoms with Crippen molar-refractivity contribution in [3.63, 3.8) is 0 Å². The Bertz CT molecular complexity index is 583. The Balaban J connectivity index is 2.25. The normalized spacial score (nSPS) is 20.7. The SMILES string of the molecule is O=c1[nH]c2ccc(F)cc2n1C1CCCS1. The summed E-state index contributed by atoms with van der Waals surface area (Å²) in [4.78, 5) is 14.6. The van der Waals surface area contributed by atoms with Gasteiger partial charge in [-0.2, -0.15) is 0 Å². The molecule has 0 radical (unpaired) electrons. The summed E-state index contributed by atoms with van der Waals surface area (Å²) in [7, 11) is 0. The predicted molar refractivity (Wildman–Crippen MR) is 63.2 cm³/mol. The van der Waals surface area contributed by atoms with E-state index in [-0.39, 0.29) is 16.9 Å². The maximum Gasteiger partial charge on any atom is 0.327 e. The van der Waals surface area contributed by atoms with Gasteiger partial charge in [-0.3, -0.25) is 4.57 Å². The number of nitrogens with one attached hydrogen (secondary N) is 1. The number of hydrogen-bond acceptors (Lipinski definition) is 2. The van der Waals surface area contributed by atoms with Crippen LogP contribution in [0.1, 0.15) is 18.2 Å². The van der Waals surface area contributed by atoms with Crippen LogP contribution in [0.25, 0.3) is 11.0 Å². The molecule has 2 aromatic rings. The van der Waals surface area contributed by atoms with Crippen LogP contribution in [0.2, 0.25) is 0 Å². The zero-order chi connectivity index (χ0) is 11.1. The molecule has 5 heteroatoms. The highest BCUT2D eigenvalue weighted by Crippen LogP contribution is 2.36. The minimum Gasteiger partial charge on any atom is -0.306 e. The number of aromatic amines is 1. The number of thioether (sulfide) groups is 1. The first kappa shape index (κ1) is 9.96. The highest BCUT2D eigenvalue weighted by molar-refractivity contribution is 7.99. The van der Waals surface area contributed by atoms with E-state index in [2.05, 4.69) is 4.98 Å². The van der Waals surface area contributed by atoms with Gasteiger partial charge in [0.05, 0.1) is 16.4 Å². The predicted octanol–water partition coefficient (Wildman–Crippen LogP) is 2.49. The number of halogens is 1. The fourth-order valence-corrected chi connectivity index (χ4v) is 3.44. The second kappa shape index (κ2) is 3.66. The third-order valence-corrected chi connectivity index (χ3v) is 4.23. The van der Waals surface area contributed by atoms with Gasteiger partial charge >= 0.3 is 5.69 Å². The smallest absolute Gasteiger partial charge is 0.306 e. The van der Waals surface area contributed by atoms with Crippen LogP contribution in [0.15, 0.2) is 23.0 Å². The van der Waals surface area contributed by atoms with Crippen molar-refractivity contribution >= 4 is 22.8 Å². The molecule has 1 N–H and O–H groups in total. The lowest BCUT2D eigenvalue weighted by Crippen LogP contribution is -2.18. The summed E-state index contributed by atoms with van der Waals surface area (Å²) in [5, 5.41) is 0.156. The molecule has 3 nitrogen and oxygen atoms in total. The maximum atomic E-state index is 13.2. The molecule has 0 aliphatic carbocycles. The van der Waals surface area contributed by atoms with Crippen LogP contribution in [-0.4, -0.2) is 15.3 Å². The standard InChI is InChI=1S/C11H11FN2OS/c12-7-3-4-8-9(6-7)14(11(15)13-8)10-2-1-5-16-10/h3-4,6,10H,1-2,5H2,(H,13,15). The van der Waals surface area contributed by atoms with E-state index in [1.165, 1.54) is 12.1 Å². The largest absolute Gasteiger partial charge is 0.327 e. The van der Waals surface area contributed by atoms with Crippen LogP contribution < -0.4 is 5.69 Å². The zero-order valence-electron chi connectivity index (χ0n) is 8.57. The Morgan fingerprint density at radius 3 is 3.12 bits per heavy atom. The van der Waals surface area contributed by atoms with Gasteiger partial charge in [0.25, 0.3) is 0 Å². The summed E-state index contributed by atoms with van der Waals surface area (Å²) in [6.45, 7) is 0. The van der Waals surface area contributed by atoms with Gasteiger partial charge in [0.15, 0.2) is 0 Å². The second-order valence-electron chi connectivity index (χ2n) is 3.93. The number of fused-ring (bicyclic) bond motifs is 1. The van der Waals surface area contributed by atoms with E-state index >= 15 is 0 Å². The van der Waals surface area contributed by atoms with Crippen molar-refractivity contribution in [3.05, 3.63) is 34.5 Å². The Labute approximate surface area is 95.7 Å². The van der Waals surface area contributed by atoms with Gasteiger partial charge < -0.3 is 4.98 Å². The van der Waals surface area contributed by atoms with Gasteiger partial charge in [-0.1, -0.05) is 0 Å². The van der Waals surface area contributed by atoms with Crippen molar-refractivity contribution in [1.82, 2.24) is 9.55 Å². The summed E-state index contributed by atoms with van der Waals surface area (Å²) in [5.74, 6) is 0.766. The number of nitrogens with zero attached hydrogens (tertiary/aromatic N) is 1. The fourth-order valence-electron chi connectivity index (χ4n) is 2.14. The summed E-state index contributed by atoms with van der Waals surface area (Å²) < 4.78 is 14.9. The van der Waals surface area contributed by atoms with Crippen LogP contribution in [0, 0.1) is 5.82 Å². The molecule has 1 aliphatic heterocycles. The molecule has 0 saturated carbocycles. The fraction of sp³-hybridized carbons (Fsp3) is 0.364. The van der Waals surface area contributed by atoms with Gasteiger partial charge in [-0.25, -0.2) is 9.18 Å². The zero-order valence-corrected chi connectivity index (χ0v) is 9.39. The van der Waals surface area contributed by atoms with Crippen molar-refractivity contribution in [2.24, 2.45) is 0 Å². The minimum absolute atomic E-state index is 0.139. The Kier molecular flexibility index (Phi) is 2.28. The number of imidazole rings is 1. The average molecular weight is 238 g/mol. The lowest BCUT2D eigenvalue weighted by molar-refractivity contribution is 0.621. The summed E-state index contributed by atoms with van der Waals surface area (Å²) in [5.41, 5.74) is 1.24. The van der Waals surface area contributed by atoms with Gasteiger partial charge in [0.1, 0.15) is 5.82 Å². The van der Waals surface area contributed by atoms with E-state index in [1.807, 2.05) is 0 Å². The van der Waals surface area contributed by atoms with Gasteiger partial charge in [-0.15, -0.1) is 11.8 Å².